The smallest absolute Gasteiger partial charge is 0.367 e. The predicted molar refractivity (Wildman–Crippen MR) is 95.1 cm³/mol. The molecule has 1 aromatic rings. The third-order valence-electron chi connectivity index (χ3n) is 3.78. The zero-order chi connectivity index (χ0) is 20.2. The topological polar surface area (TPSA) is 173 Å². The van der Waals surface area contributed by atoms with Crippen LogP contribution >= 0.6 is 15.2 Å². The van der Waals surface area contributed by atoms with Crippen LogP contribution in [0.15, 0.2) is 30.3 Å². The van der Waals surface area contributed by atoms with Gasteiger partial charge in [-0.05, 0) is 12.6 Å². The van der Waals surface area contributed by atoms with Gasteiger partial charge in [0.1, 0.15) is 0 Å². The van der Waals surface area contributed by atoms with Gasteiger partial charge in [-0.25, -0.2) is 8.42 Å². The molecule has 0 saturated heterocycles. The zero-order valence-electron chi connectivity index (χ0n) is 14.0. The lowest BCUT2D eigenvalue weighted by Gasteiger charge is -2.30. The van der Waals surface area contributed by atoms with Crippen molar-refractivity contribution in [2.24, 2.45) is 0 Å². The Kier molecular flexibility index (Phi) is 7.75. The van der Waals surface area contributed by atoms with Crippen molar-refractivity contribution in [1.82, 2.24) is 4.90 Å². The van der Waals surface area contributed by atoms with E-state index in [2.05, 4.69) is 0 Å². The highest BCUT2D eigenvalue weighted by molar-refractivity contribution is 7.90. The molecule has 0 bridgehead atoms. The van der Waals surface area contributed by atoms with Crippen LogP contribution in [0, 0.1) is 0 Å². The Morgan fingerprint density at radius 1 is 1.00 bits per heavy atom. The summed E-state index contributed by atoms with van der Waals surface area (Å²) in [6.07, 6.45) is -0.920. The highest BCUT2D eigenvalue weighted by Crippen LogP contribution is 2.68. The maximum atomic E-state index is 12.1. The molecule has 1 rings (SSSR count). The van der Waals surface area contributed by atoms with Gasteiger partial charge in [-0.15, -0.1) is 0 Å². The van der Waals surface area contributed by atoms with Crippen molar-refractivity contribution < 1.29 is 42.2 Å². The molecule has 0 radical (unpaired) electrons. The molecule has 0 aliphatic carbocycles. The van der Waals surface area contributed by atoms with Crippen LogP contribution in [0.2, 0.25) is 0 Å². The van der Waals surface area contributed by atoms with E-state index >= 15 is 0 Å². The first kappa shape index (κ1) is 23.4. The van der Waals surface area contributed by atoms with E-state index < -0.39 is 36.5 Å². The first-order valence-electron chi connectivity index (χ1n) is 7.44. The summed E-state index contributed by atoms with van der Waals surface area (Å²) in [4.78, 5) is 37.6. The maximum absolute atomic E-state index is 12.1. The molecule has 0 aromatic heterocycles. The molecular formula is C13H23NO9P2S. The second-order valence-electron chi connectivity index (χ2n) is 5.99. The lowest BCUT2D eigenvalue weighted by Crippen LogP contribution is -2.35. The number of nitrogens with zero attached hydrogens (tertiary/aromatic N) is 1. The molecule has 0 atom stereocenters. The molecule has 0 unspecified atom stereocenters. The third kappa shape index (κ3) is 6.53. The Morgan fingerprint density at radius 3 is 1.96 bits per heavy atom. The summed E-state index contributed by atoms with van der Waals surface area (Å²) in [5, 5.41) is 6.28. The molecule has 1 aromatic carbocycles. The van der Waals surface area contributed by atoms with E-state index in [9.17, 15) is 22.7 Å². The van der Waals surface area contributed by atoms with E-state index in [1.165, 1.54) is 11.9 Å². The largest absolute Gasteiger partial charge is 0.369 e. The van der Waals surface area contributed by atoms with E-state index in [1.807, 2.05) is 0 Å². The molecule has 13 heteroatoms. The number of hydrogen-bond donors (Lipinski definition) is 5. The van der Waals surface area contributed by atoms with E-state index in [4.69, 9.17) is 19.6 Å². The monoisotopic (exact) mass is 431 g/mol. The van der Waals surface area contributed by atoms with Crippen molar-refractivity contribution in [3.05, 3.63) is 35.9 Å². The normalized spacial score (nSPS) is 14.0. The number of sulfone groups is 1. The van der Waals surface area contributed by atoms with Gasteiger partial charge in [0.05, 0.1) is 11.5 Å². The number of hydrogen-bond acceptors (Lipinski definition) is 6. The molecule has 0 aliphatic heterocycles. The number of benzene rings is 1. The van der Waals surface area contributed by atoms with E-state index in [1.54, 1.807) is 30.3 Å². The highest BCUT2D eigenvalue weighted by Gasteiger charge is 2.58. The van der Waals surface area contributed by atoms with E-state index in [0.29, 0.717) is 5.56 Å². The second-order valence-corrected chi connectivity index (χ2v) is 12.2. The first-order chi connectivity index (χ1) is 11.7. The molecule has 0 amide bonds. The van der Waals surface area contributed by atoms with Gasteiger partial charge in [0.2, 0.25) is 0 Å². The van der Waals surface area contributed by atoms with Crippen LogP contribution in [0.3, 0.4) is 0 Å². The summed E-state index contributed by atoms with van der Waals surface area (Å²) in [5.41, 5.74) is 0.618. The van der Waals surface area contributed by atoms with Crippen molar-refractivity contribution in [3.8, 4) is 0 Å². The van der Waals surface area contributed by atoms with Crippen molar-refractivity contribution >= 4 is 25.0 Å². The van der Waals surface area contributed by atoms with Crippen LogP contribution in [0.25, 0.3) is 0 Å². The number of aliphatic hydroxyl groups is 1. The van der Waals surface area contributed by atoms with Crippen molar-refractivity contribution in [1.29, 1.82) is 0 Å². The van der Waals surface area contributed by atoms with Crippen molar-refractivity contribution in [2.45, 2.75) is 17.3 Å². The fraction of sp³-hybridized carbons (Fsp3) is 0.538. The fourth-order valence-corrected chi connectivity index (χ4v) is 5.68. The Hall–Kier alpha value is -0.610. The summed E-state index contributed by atoms with van der Waals surface area (Å²) < 4.78 is 46.7. The Labute approximate surface area is 151 Å². The predicted octanol–water partition coefficient (Wildman–Crippen LogP) is -0.0752. The van der Waals surface area contributed by atoms with Gasteiger partial charge < -0.3 is 29.6 Å². The molecular weight excluding hydrogens is 408 g/mol. The van der Waals surface area contributed by atoms with Crippen LogP contribution < -0.4 is 0 Å². The van der Waals surface area contributed by atoms with E-state index in [-0.39, 0.29) is 24.6 Å². The average molecular weight is 431 g/mol. The lowest BCUT2D eigenvalue weighted by molar-refractivity contribution is 0.113. The molecule has 10 nitrogen and oxygen atoms in total. The van der Waals surface area contributed by atoms with Gasteiger partial charge in [0, 0.05) is 19.5 Å². The molecule has 0 heterocycles. The van der Waals surface area contributed by atoms with Crippen LogP contribution in [0.5, 0.6) is 0 Å². The van der Waals surface area contributed by atoms with Crippen LogP contribution in [-0.4, -0.2) is 69.0 Å². The lowest BCUT2D eigenvalue weighted by atomic mass is 10.2. The van der Waals surface area contributed by atoms with Crippen molar-refractivity contribution in [2.75, 3.05) is 25.9 Å². The van der Waals surface area contributed by atoms with E-state index in [0.717, 1.165) is 0 Å². The van der Waals surface area contributed by atoms with Crippen LogP contribution in [-0.2, 0) is 24.7 Å². The standard InChI is InChI=1S/C13H23NO9P2S/c1-14(8-7-13(15,24(16,17)18)25(19,20)21)9-10-26(22,23)11-12-5-3-2-4-6-12/h2-6,15H,7-11H2,1H3,(H2,16,17,18)(H2,19,20,21). The van der Waals surface area contributed by atoms with Crippen LogP contribution in [0.1, 0.15) is 12.0 Å². The summed E-state index contributed by atoms with van der Waals surface area (Å²) in [7, 11) is -13.1. The second kappa shape index (κ2) is 8.60. The minimum atomic E-state index is -5.52. The summed E-state index contributed by atoms with van der Waals surface area (Å²) in [6, 6.07) is 8.51. The van der Waals surface area contributed by atoms with Crippen molar-refractivity contribution in [3.63, 3.8) is 0 Å². The summed E-state index contributed by atoms with van der Waals surface area (Å²) in [6.45, 7) is -0.360. The Balaban J connectivity index is 2.65. The van der Waals surface area contributed by atoms with Gasteiger partial charge in [0.15, 0.2) is 9.84 Å². The molecule has 150 valence electrons. The summed E-state index contributed by atoms with van der Waals surface area (Å²) in [5.74, 6) is -0.431. The molecule has 0 saturated carbocycles. The quantitative estimate of drug-likeness (QED) is 0.316. The minimum absolute atomic E-state index is 0.0342. The Morgan fingerprint density at radius 2 is 1.50 bits per heavy atom. The minimum Gasteiger partial charge on any atom is -0.367 e. The summed E-state index contributed by atoms with van der Waals surface area (Å²) >= 11 is 0. The molecule has 0 spiro atoms. The van der Waals surface area contributed by atoms with Gasteiger partial charge in [-0.1, -0.05) is 30.3 Å². The molecule has 0 fully saturated rings. The maximum Gasteiger partial charge on any atom is 0.369 e. The van der Waals surface area contributed by atoms with Crippen LogP contribution in [0.4, 0.5) is 0 Å². The van der Waals surface area contributed by atoms with Gasteiger partial charge in [-0.3, -0.25) is 9.13 Å². The van der Waals surface area contributed by atoms with Gasteiger partial charge in [0.25, 0.3) is 5.08 Å². The molecule has 26 heavy (non-hydrogen) atoms. The zero-order valence-corrected chi connectivity index (χ0v) is 16.6. The van der Waals surface area contributed by atoms with Gasteiger partial charge >= 0.3 is 15.2 Å². The molecule has 0 aliphatic rings. The Bertz CT molecular complexity index is 765. The highest BCUT2D eigenvalue weighted by atomic mass is 32.2. The number of rotatable bonds is 10. The average Bonchev–Trinajstić information content (AvgIpc) is 2.49. The SMILES string of the molecule is CN(CCC(O)(P(=O)(O)O)P(=O)(O)O)CCS(=O)(=O)Cc1ccccc1. The third-order valence-corrected chi connectivity index (χ3v) is 9.23. The first-order valence-corrected chi connectivity index (χ1v) is 12.5. The fourth-order valence-electron chi connectivity index (χ4n) is 2.11. The molecule has 5 N–H and O–H groups in total. The van der Waals surface area contributed by atoms with Gasteiger partial charge in [-0.2, -0.15) is 0 Å².